The van der Waals surface area contributed by atoms with Crippen molar-refractivity contribution in [2.45, 2.75) is 71.4 Å². The molecule has 1 heterocycles. The van der Waals surface area contributed by atoms with Crippen LogP contribution in [-0.2, 0) is 4.74 Å². The van der Waals surface area contributed by atoms with Gasteiger partial charge in [-0.1, -0.05) is 6.42 Å². The van der Waals surface area contributed by atoms with Gasteiger partial charge in [-0.05, 0) is 59.8 Å². The standard InChI is InChI=1S/C15H30N2O2/c1-14(2,3)19-13(18)17-9-7-6-8-12(11-17)10-15(4,5)16/h12H,6-11,16H2,1-5H3. The molecule has 0 bridgehead atoms. The second kappa shape index (κ2) is 6.12. The van der Waals surface area contributed by atoms with Crippen LogP contribution in [0, 0.1) is 5.92 Å². The SMILES string of the molecule is CC(C)(N)CC1CCCCN(C(=O)OC(C)(C)C)C1. The third kappa shape index (κ3) is 6.81. The molecule has 2 N–H and O–H groups in total. The number of ether oxygens (including phenoxy) is 1. The molecule has 1 saturated heterocycles. The van der Waals surface area contributed by atoms with E-state index in [0.29, 0.717) is 5.92 Å². The van der Waals surface area contributed by atoms with Gasteiger partial charge in [0.25, 0.3) is 0 Å². The van der Waals surface area contributed by atoms with Gasteiger partial charge < -0.3 is 15.4 Å². The maximum Gasteiger partial charge on any atom is 0.410 e. The van der Waals surface area contributed by atoms with Crippen molar-refractivity contribution < 1.29 is 9.53 Å². The fraction of sp³-hybridized carbons (Fsp3) is 0.933. The highest BCUT2D eigenvalue weighted by Gasteiger charge is 2.28. The predicted octanol–water partition coefficient (Wildman–Crippen LogP) is 3.15. The van der Waals surface area contributed by atoms with Crippen molar-refractivity contribution in [1.29, 1.82) is 0 Å². The number of nitrogens with two attached hydrogens (primary N) is 1. The highest BCUT2D eigenvalue weighted by Crippen LogP contribution is 2.25. The second-order valence-electron chi connectivity index (χ2n) is 7.48. The van der Waals surface area contributed by atoms with E-state index >= 15 is 0 Å². The minimum atomic E-state index is -0.425. The Kier molecular flexibility index (Phi) is 5.25. The molecule has 0 spiro atoms. The lowest BCUT2D eigenvalue weighted by Gasteiger charge is -2.30. The molecule has 0 aromatic rings. The first-order valence-corrected chi connectivity index (χ1v) is 7.34. The van der Waals surface area contributed by atoms with Crippen molar-refractivity contribution >= 4 is 6.09 Å². The highest BCUT2D eigenvalue weighted by atomic mass is 16.6. The smallest absolute Gasteiger partial charge is 0.410 e. The van der Waals surface area contributed by atoms with E-state index in [1.165, 1.54) is 6.42 Å². The van der Waals surface area contributed by atoms with Gasteiger partial charge in [-0.2, -0.15) is 0 Å². The van der Waals surface area contributed by atoms with Gasteiger partial charge in [0.15, 0.2) is 0 Å². The van der Waals surface area contributed by atoms with Crippen molar-refractivity contribution in [2.75, 3.05) is 13.1 Å². The molecular weight excluding hydrogens is 240 g/mol. The van der Waals surface area contributed by atoms with E-state index < -0.39 is 5.60 Å². The van der Waals surface area contributed by atoms with Crippen LogP contribution < -0.4 is 5.73 Å². The number of hydrogen-bond acceptors (Lipinski definition) is 3. The lowest BCUT2D eigenvalue weighted by molar-refractivity contribution is 0.0227. The lowest BCUT2D eigenvalue weighted by atomic mass is 9.88. The molecule has 0 aromatic heterocycles. The molecule has 1 unspecified atom stereocenters. The Labute approximate surface area is 117 Å². The zero-order valence-corrected chi connectivity index (χ0v) is 13.2. The van der Waals surface area contributed by atoms with Gasteiger partial charge in [-0.25, -0.2) is 4.79 Å². The van der Waals surface area contributed by atoms with Crippen LogP contribution >= 0.6 is 0 Å². The Bertz CT molecular complexity index is 302. The molecule has 4 heteroatoms. The van der Waals surface area contributed by atoms with Gasteiger partial charge in [-0.3, -0.25) is 0 Å². The number of carbonyl (C=O) groups is 1. The summed E-state index contributed by atoms with van der Waals surface area (Å²) in [6.45, 7) is 11.4. The zero-order valence-electron chi connectivity index (χ0n) is 13.2. The van der Waals surface area contributed by atoms with Crippen molar-refractivity contribution in [3.63, 3.8) is 0 Å². The second-order valence-corrected chi connectivity index (χ2v) is 7.48. The molecule has 4 nitrogen and oxygen atoms in total. The fourth-order valence-corrected chi connectivity index (χ4v) is 2.63. The van der Waals surface area contributed by atoms with Crippen molar-refractivity contribution in [1.82, 2.24) is 4.90 Å². The van der Waals surface area contributed by atoms with Crippen LogP contribution in [0.2, 0.25) is 0 Å². The molecular formula is C15H30N2O2. The molecule has 112 valence electrons. The lowest BCUT2D eigenvalue weighted by Crippen LogP contribution is -2.41. The Morgan fingerprint density at radius 3 is 2.42 bits per heavy atom. The van der Waals surface area contributed by atoms with E-state index in [1.807, 2.05) is 25.7 Å². The largest absolute Gasteiger partial charge is 0.444 e. The number of likely N-dealkylation sites (tertiary alicyclic amines) is 1. The van der Waals surface area contributed by atoms with E-state index in [-0.39, 0.29) is 11.6 Å². The maximum absolute atomic E-state index is 12.2. The van der Waals surface area contributed by atoms with Gasteiger partial charge >= 0.3 is 6.09 Å². The number of carbonyl (C=O) groups excluding carboxylic acids is 1. The molecule has 0 saturated carbocycles. The van der Waals surface area contributed by atoms with Gasteiger partial charge in [0.1, 0.15) is 5.60 Å². The summed E-state index contributed by atoms with van der Waals surface area (Å²) in [4.78, 5) is 14.0. The summed E-state index contributed by atoms with van der Waals surface area (Å²) in [5.74, 6) is 0.481. The molecule has 0 aromatic carbocycles. The molecule has 1 fully saturated rings. The van der Waals surface area contributed by atoms with Crippen LogP contribution in [0.3, 0.4) is 0 Å². The van der Waals surface area contributed by atoms with Crippen LogP contribution in [0.15, 0.2) is 0 Å². The zero-order chi connectivity index (χ0) is 14.7. The molecule has 19 heavy (non-hydrogen) atoms. The minimum Gasteiger partial charge on any atom is -0.444 e. The molecule has 1 atom stereocenters. The first kappa shape index (κ1) is 16.3. The molecule has 1 amide bonds. The summed E-state index contributed by atoms with van der Waals surface area (Å²) in [7, 11) is 0. The maximum atomic E-state index is 12.2. The van der Waals surface area contributed by atoms with E-state index in [4.69, 9.17) is 10.5 Å². The number of amides is 1. The average Bonchev–Trinajstić information content (AvgIpc) is 2.38. The van der Waals surface area contributed by atoms with Crippen molar-refractivity contribution in [3.8, 4) is 0 Å². The van der Waals surface area contributed by atoms with E-state index in [1.54, 1.807) is 0 Å². The predicted molar refractivity (Wildman–Crippen MR) is 78.0 cm³/mol. The van der Waals surface area contributed by atoms with Crippen molar-refractivity contribution in [3.05, 3.63) is 0 Å². The summed E-state index contributed by atoms with van der Waals surface area (Å²) in [5, 5.41) is 0. The quantitative estimate of drug-likeness (QED) is 0.838. The minimum absolute atomic E-state index is 0.172. The molecule has 0 aliphatic carbocycles. The fourth-order valence-electron chi connectivity index (χ4n) is 2.63. The first-order chi connectivity index (χ1) is 8.57. The molecule has 1 rings (SSSR count). The van der Waals surface area contributed by atoms with Gasteiger partial charge in [-0.15, -0.1) is 0 Å². The Hall–Kier alpha value is -0.770. The monoisotopic (exact) mass is 270 g/mol. The third-order valence-corrected chi connectivity index (χ3v) is 3.24. The van der Waals surface area contributed by atoms with E-state index in [9.17, 15) is 4.79 Å². The normalized spacial score (nSPS) is 22.0. The van der Waals surface area contributed by atoms with E-state index in [2.05, 4.69) is 13.8 Å². The number of rotatable bonds is 2. The van der Waals surface area contributed by atoms with Gasteiger partial charge in [0.2, 0.25) is 0 Å². The molecule has 1 aliphatic heterocycles. The molecule has 1 aliphatic rings. The summed E-state index contributed by atoms with van der Waals surface area (Å²) in [5.41, 5.74) is 5.51. The average molecular weight is 270 g/mol. The Morgan fingerprint density at radius 1 is 1.26 bits per heavy atom. The van der Waals surface area contributed by atoms with Gasteiger partial charge in [0.05, 0.1) is 0 Å². The Balaban J connectivity index is 2.60. The highest BCUT2D eigenvalue weighted by molar-refractivity contribution is 5.68. The third-order valence-electron chi connectivity index (χ3n) is 3.24. The summed E-state index contributed by atoms with van der Waals surface area (Å²) in [6, 6.07) is 0. The summed E-state index contributed by atoms with van der Waals surface area (Å²) >= 11 is 0. The summed E-state index contributed by atoms with van der Waals surface area (Å²) < 4.78 is 5.47. The summed E-state index contributed by atoms with van der Waals surface area (Å²) in [6.07, 6.45) is 4.14. The van der Waals surface area contributed by atoms with Gasteiger partial charge in [0, 0.05) is 18.6 Å². The van der Waals surface area contributed by atoms with E-state index in [0.717, 1.165) is 32.4 Å². The first-order valence-electron chi connectivity index (χ1n) is 7.34. The van der Waals surface area contributed by atoms with Crippen LogP contribution in [0.4, 0.5) is 4.79 Å². The Morgan fingerprint density at radius 2 is 1.89 bits per heavy atom. The van der Waals surface area contributed by atoms with Crippen molar-refractivity contribution in [2.24, 2.45) is 11.7 Å². The number of hydrogen-bond donors (Lipinski definition) is 1. The van der Waals surface area contributed by atoms with Crippen LogP contribution in [0.1, 0.15) is 60.3 Å². The molecule has 0 radical (unpaired) electrons. The van der Waals surface area contributed by atoms with Crippen LogP contribution in [0.5, 0.6) is 0 Å². The number of nitrogens with zero attached hydrogens (tertiary/aromatic N) is 1. The van der Waals surface area contributed by atoms with Crippen LogP contribution in [-0.4, -0.2) is 35.2 Å². The van der Waals surface area contributed by atoms with Crippen LogP contribution in [0.25, 0.3) is 0 Å². The topological polar surface area (TPSA) is 55.6 Å².